The maximum Gasteiger partial charge on any atom is 0.237 e. The van der Waals surface area contributed by atoms with E-state index < -0.39 is 0 Å². The Balaban J connectivity index is 1.53. The third-order valence-corrected chi connectivity index (χ3v) is 7.84. The Morgan fingerprint density at radius 3 is 2.52 bits per heavy atom. The summed E-state index contributed by atoms with van der Waals surface area (Å²) in [6.07, 6.45) is 0.807. The van der Waals surface area contributed by atoms with Gasteiger partial charge in [-0.3, -0.25) is 4.79 Å². The number of hydrogen-bond donors (Lipinski definition) is 0. The van der Waals surface area contributed by atoms with Gasteiger partial charge in [-0.15, -0.1) is 11.3 Å². The third-order valence-electron chi connectivity index (χ3n) is 5.78. The van der Waals surface area contributed by atoms with E-state index in [1.165, 1.54) is 22.2 Å². The number of ether oxygens (including phenoxy) is 1. The van der Waals surface area contributed by atoms with Gasteiger partial charge >= 0.3 is 0 Å². The number of rotatable bonds is 5. The molecule has 3 heterocycles. The number of thiophene rings is 1. The fourth-order valence-electron chi connectivity index (χ4n) is 3.95. The van der Waals surface area contributed by atoms with Crippen LogP contribution in [-0.4, -0.2) is 34.3 Å². The van der Waals surface area contributed by atoms with Gasteiger partial charge in [0.05, 0.1) is 18.0 Å². The molecule has 1 aliphatic rings. The molecule has 7 heteroatoms. The zero-order valence-corrected chi connectivity index (χ0v) is 20.5. The van der Waals surface area contributed by atoms with E-state index in [9.17, 15) is 4.79 Å². The number of para-hydroxylation sites is 1. The lowest BCUT2D eigenvalue weighted by atomic mass is 9.94. The molecule has 0 spiro atoms. The molecular weight excluding hydrogens is 450 g/mol. The van der Waals surface area contributed by atoms with Gasteiger partial charge in [-0.1, -0.05) is 60.3 Å². The van der Waals surface area contributed by atoms with Gasteiger partial charge in [0.1, 0.15) is 9.86 Å². The van der Waals surface area contributed by atoms with Crippen LogP contribution in [-0.2, 0) is 22.6 Å². The maximum absolute atomic E-state index is 13.0. The van der Waals surface area contributed by atoms with Crippen LogP contribution in [0.1, 0.15) is 24.3 Å². The van der Waals surface area contributed by atoms with Crippen LogP contribution in [0.15, 0.2) is 65.7 Å². The zero-order valence-electron chi connectivity index (χ0n) is 18.9. The maximum atomic E-state index is 13.0. The first-order valence-electron chi connectivity index (χ1n) is 10.9. The van der Waals surface area contributed by atoms with Gasteiger partial charge in [0.25, 0.3) is 0 Å². The molecule has 0 aliphatic carbocycles. The predicted octanol–water partition coefficient (Wildman–Crippen LogP) is 5.96. The summed E-state index contributed by atoms with van der Waals surface area (Å²) in [7, 11) is 1.81. The van der Waals surface area contributed by atoms with E-state index in [1.807, 2.05) is 67.7 Å². The molecule has 0 N–H and O–H groups in total. The lowest BCUT2D eigenvalue weighted by molar-refractivity contribution is -0.115. The monoisotopic (exact) mass is 475 g/mol. The zero-order chi connectivity index (χ0) is 23.0. The van der Waals surface area contributed by atoms with Crippen LogP contribution in [0, 0.1) is 0 Å². The van der Waals surface area contributed by atoms with Crippen molar-refractivity contribution in [3.63, 3.8) is 0 Å². The minimum Gasteiger partial charge on any atom is -0.370 e. The van der Waals surface area contributed by atoms with Crippen LogP contribution in [0.2, 0.25) is 0 Å². The van der Waals surface area contributed by atoms with Gasteiger partial charge in [0.15, 0.2) is 5.82 Å². The topological polar surface area (TPSA) is 55.3 Å². The molecule has 1 aliphatic heterocycles. The van der Waals surface area contributed by atoms with E-state index in [0.29, 0.717) is 18.2 Å². The van der Waals surface area contributed by atoms with E-state index in [-0.39, 0.29) is 11.5 Å². The standard InChI is InChI=1S/C26H25N3O2S2/c1-26(2)14-19-20(15-31-26)33-25-22(19)24(27-23(28-25)17-10-6-4-7-11-17)32-16-21(30)29(3)18-12-8-5-9-13-18/h4-13H,14-16H2,1-3H3. The van der Waals surface area contributed by atoms with Crippen molar-refractivity contribution in [1.29, 1.82) is 0 Å². The molecule has 2 aromatic heterocycles. The summed E-state index contributed by atoms with van der Waals surface area (Å²) < 4.78 is 6.05. The van der Waals surface area contributed by atoms with Gasteiger partial charge in [-0.05, 0) is 31.5 Å². The molecule has 0 atom stereocenters. The molecule has 4 aromatic rings. The molecule has 5 rings (SSSR count). The molecule has 0 fully saturated rings. The average molecular weight is 476 g/mol. The summed E-state index contributed by atoms with van der Waals surface area (Å²) >= 11 is 3.17. The highest BCUT2D eigenvalue weighted by Crippen LogP contribution is 2.42. The van der Waals surface area contributed by atoms with E-state index in [4.69, 9.17) is 14.7 Å². The first kappa shape index (κ1) is 22.1. The smallest absolute Gasteiger partial charge is 0.237 e. The Morgan fingerprint density at radius 2 is 1.79 bits per heavy atom. The van der Waals surface area contributed by atoms with Crippen molar-refractivity contribution in [3.8, 4) is 11.4 Å². The number of amides is 1. The summed E-state index contributed by atoms with van der Waals surface area (Å²) in [4.78, 5) is 26.7. The van der Waals surface area contributed by atoms with Gasteiger partial charge in [0.2, 0.25) is 5.91 Å². The fourth-order valence-corrected chi connectivity index (χ4v) is 6.09. The van der Waals surface area contributed by atoms with E-state index in [0.717, 1.165) is 32.9 Å². The Bertz CT molecular complexity index is 1300. The predicted molar refractivity (Wildman–Crippen MR) is 136 cm³/mol. The fraction of sp³-hybridized carbons (Fsp3) is 0.269. The molecule has 0 bridgehead atoms. The van der Waals surface area contributed by atoms with Crippen LogP contribution in [0.25, 0.3) is 21.6 Å². The SMILES string of the molecule is CN(C(=O)CSc1nc(-c2ccccc2)nc2sc3c(c12)CC(C)(C)OC3)c1ccccc1. The van der Waals surface area contributed by atoms with Crippen LogP contribution in [0.4, 0.5) is 5.69 Å². The number of aromatic nitrogens is 2. The van der Waals surface area contributed by atoms with Crippen molar-refractivity contribution in [3.05, 3.63) is 71.1 Å². The lowest BCUT2D eigenvalue weighted by Gasteiger charge is -2.30. The summed E-state index contributed by atoms with van der Waals surface area (Å²) in [5.41, 5.74) is 2.88. The highest BCUT2D eigenvalue weighted by Gasteiger charge is 2.31. The van der Waals surface area contributed by atoms with Crippen molar-refractivity contribution < 1.29 is 9.53 Å². The number of carbonyl (C=O) groups excluding carboxylic acids is 1. The normalized spacial score (nSPS) is 14.8. The Morgan fingerprint density at radius 1 is 1.09 bits per heavy atom. The van der Waals surface area contributed by atoms with E-state index >= 15 is 0 Å². The number of fused-ring (bicyclic) bond motifs is 3. The molecule has 5 nitrogen and oxygen atoms in total. The molecular formula is C26H25N3O2S2. The van der Waals surface area contributed by atoms with Gasteiger partial charge < -0.3 is 9.64 Å². The summed E-state index contributed by atoms with van der Waals surface area (Å²) in [5.74, 6) is 1.02. The lowest BCUT2D eigenvalue weighted by Crippen LogP contribution is -2.31. The molecule has 0 saturated heterocycles. The van der Waals surface area contributed by atoms with Crippen LogP contribution in [0.3, 0.4) is 0 Å². The number of benzene rings is 2. The second kappa shape index (κ2) is 8.89. The number of anilines is 1. The average Bonchev–Trinajstić information content (AvgIpc) is 3.19. The molecule has 33 heavy (non-hydrogen) atoms. The molecule has 2 aromatic carbocycles. The largest absolute Gasteiger partial charge is 0.370 e. The first-order valence-corrected chi connectivity index (χ1v) is 12.7. The molecule has 0 unspecified atom stereocenters. The number of thioether (sulfide) groups is 1. The van der Waals surface area contributed by atoms with Crippen molar-refractivity contribution in [2.75, 3.05) is 17.7 Å². The minimum atomic E-state index is -0.232. The molecule has 0 saturated carbocycles. The first-order chi connectivity index (χ1) is 15.9. The van der Waals surface area contributed by atoms with Crippen molar-refractivity contribution in [2.45, 2.75) is 37.5 Å². The van der Waals surface area contributed by atoms with Gasteiger partial charge in [-0.25, -0.2) is 9.97 Å². The van der Waals surface area contributed by atoms with Crippen LogP contribution >= 0.6 is 23.1 Å². The Labute approximate surface area is 201 Å². The van der Waals surface area contributed by atoms with E-state index in [2.05, 4.69) is 13.8 Å². The molecule has 1 amide bonds. The minimum absolute atomic E-state index is 0.0342. The van der Waals surface area contributed by atoms with E-state index in [1.54, 1.807) is 16.2 Å². The van der Waals surface area contributed by atoms with Crippen LogP contribution in [0.5, 0.6) is 0 Å². The number of hydrogen-bond acceptors (Lipinski definition) is 6. The Kier molecular flexibility index (Phi) is 5.95. The summed E-state index contributed by atoms with van der Waals surface area (Å²) in [6.45, 7) is 4.82. The van der Waals surface area contributed by atoms with Crippen molar-refractivity contribution in [1.82, 2.24) is 9.97 Å². The molecule has 168 valence electrons. The molecule has 0 radical (unpaired) electrons. The Hall–Kier alpha value is -2.74. The highest BCUT2D eigenvalue weighted by molar-refractivity contribution is 8.00. The van der Waals surface area contributed by atoms with Gasteiger partial charge in [0, 0.05) is 35.0 Å². The summed E-state index contributed by atoms with van der Waals surface area (Å²) in [6, 6.07) is 19.7. The van der Waals surface area contributed by atoms with Crippen molar-refractivity contribution >= 4 is 44.9 Å². The summed E-state index contributed by atoms with van der Waals surface area (Å²) in [5, 5.41) is 1.94. The van der Waals surface area contributed by atoms with Crippen molar-refractivity contribution in [2.24, 2.45) is 0 Å². The quantitative estimate of drug-likeness (QED) is 0.263. The van der Waals surface area contributed by atoms with Crippen LogP contribution < -0.4 is 4.90 Å². The van der Waals surface area contributed by atoms with Gasteiger partial charge in [-0.2, -0.15) is 0 Å². The number of carbonyl (C=O) groups is 1. The second-order valence-corrected chi connectivity index (χ2v) is 10.8. The number of nitrogens with zero attached hydrogens (tertiary/aromatic N) is 3. The highest BCUT2D eigenvalue weighted by atomic mass is 32.2. The second-order valence-electron chi connectivity index (χ2n) is 8.70. The third kappa shape index (κ3) is 4.53.